The lowest BCUT2D eigenvalue weighted by Gasteiger charge is -2.08. The largest absolute Gasteiger partial charge is 0.454 e. The van der Waals surface area contributed by atoms with E-state index < -0.39 is 30.1 Å². The molecular formula is C16H11F2NO5. The van der Waals surface area contributed by atoms with E-state index in [1.165, 1.54) is 12.1 Å². The number of ether oxygens (including phenoxy) is 3. The fourth-order valence-corrected chi connectivity index (χ4v) is 2.02. The minimum atomic E-state index is -0.799. The van der Waals surface area contributed by atoms with Crippen LogP contribution in [0.2, 0.25) is 0 Å². The van der Waals surface area contributed by atoms with Gasteiger partial charge in [0.15, 0.2) is 18.1 Å². The second-order valence-electron chi connectivity index (χ2n) is 4.82. The van der Waals surface area contributed by atoms with Crippen LogP contribution in [0.25, 0.3) is 0 Å². The predicted octanol–water partition coefficient (Wildman–Crippen LogP) is 2.49. The summed E-state index contributed by atoms with van der Waals surface area (Å²) in [5.41, 5.74) is -0.164. The first-order chi connectivity index (χ1) is 11.5. The molecule has 1 aliphatic rings. The van der Waals surface area contributed by atoms with E-state index in [2.05, 4.69) is 5.32 Å². The Hall–Kier alpha value is -3.16. The van der Waals surface area contributed by atoms with E-state index in [1.807, 2.05) is 0 Å². The first-order valence-electron chi connectivity index (χ1n) is 6.84. The summed E-state index contributed by atoms with van der Waals surface area (Å²) in [5.74, 6) is -2.16. The van der Waals surface area contributed by atoms with Crippen molar-refractivity contribution in [3.8, 4) is 11.5 Å². The second-order valence-corrected chi connectivity index (χ2v) is 4.82. The van der Waals surface area contributed by atoms with Crippen molar-refractivity contribution in [2.75, 3.05) is 18.7 Å². The molecule has 6 nitrogen and oxygen atoms in total. The van der Waals surface area contributed by atoms with Crippen LogP contribution in [0.3, 0.4) is 0 Å². The van der Waals surface area contributed by atoms with Crippen molar-refractivity contribution in [1.29, 1.82) is 0 Å². The zero-order valence-corrected chi connectivity index (χ0v) is 12.2. The van der Waals surface area contributed by atoms with Crippen molar-refractivity contribution in [1.82, 2.24) is 0 Å². The molecule has 24 heavy (non-hydrogen) atoms. The molecule has 0 radical (unpaired) electrons. The topological polar surface area (TPSA) is 73.9 Å². The molecule has 0 aromatic heterocycles. The summed E-state index contributed by atoms with van der Waals surface area (Å²) in [6.45, 7) is -0.585. The lowest BCUT2D eigenvalue weighted by atomic mass is 10.2. The van der Waals surface area contributed by atoms with Crippen LogP contribution in [0.1, 0.15) is 10.4 Å². The van der Waals surface area contributed by atoms with E-state index in [-0.39, 0.29) is 18.0 Å². The van der Waals surface area contributed by atoms with Gasteiger partial charge in [0.2, 0.25) is 6.79 Å². The van der Waals surface area contributed by atoms with Gasteiger partial charge in [-0.3, -0.25) is 4.79 Å². The van der Waals surface area contributed by atoms with Gasteiger partial charge in [0.1, 0.15) is 11.6 Å². The molecule has 124 valence electrons. The summed E-state index contributed by atoms with van der Waals surface area (Å²) in [6.07, 6.45) is 0. The smallest absolute Gasteiger partial charge is 0.338 e. The van der Waals surface area contributed by atoms with Gasteiger partial charge in [-0.2, -0.15) is 0 Å². The summed E-state index contributed by atoms with van der Waals surface area (Å²) in [6, 6.07) is 7.05. The zero-order chi connectivity index (χ0) is 17.1. The number of amides is 1. The van der Waals surface area contributed by atoms with Crippen LogP contribution in [0, 0.1) is 11.6 Å². The molecule has 1 amide bonds. The van der Waals surface area contributed by atoms with E-state index in [0.29, 0.717) is 11.5 Å². The van der Waals surface area contributed by atoms with Crippen molar-refractivity contribution in [2.45, 2.75) is 0 Å². The van der Waals surface area contributed by atoms with Gasteiger partial charge in [0, 0.05) is 6.07 Å². The number of esters is 1. The molecule has 0 saturated carbocycles. The Kier molecular flexibility index (Phi) is 4.28. The minimum Gasteiger partial charge on any atom is -0.454 e. The van der Waals surface area contributed by atoms with Crippen LogP contribution < -0.4 is 14.8 Å². The molecule has 1 heterocycles. The molecule has 2 aromatic carbocycles. The van der Waals surface area contributed by atoms with Gasteiger partial charge < -0.3 is 19.5 Å². The Morgan fingerprint density at radius 3 is 2.71 bits per heavy atom. The number of halogens is 2. The highest BCUT2D eigenvalue weighted by Crippen LogP contribution is 2.32. The number of hydrogen-bond acceptors (Lipinski definition) is 5. The van der Waals surface area contributed by atoms with Crippen LogP contribution in [-0.2, 0) is 9.53 Å². The van der Waals surface area contributed by atoms with Crippen molar-refractivity contribution >= 4 is 17.6 Å². The van der Waals surface area contributed by atoms with Crippen LogP contribution in [0.15, 0.2) is 36.4 Å². The first-order valence-corrected chi connectivity index (χ1v) is 6.84. The Labute approximate surface area is 134 Å². The van der Waals surface area contributed by atoms with E-state index >= 15 is 0 Å². The molecule has 0 bridgehead atoms. The zero-order valence-electron chi connectivity index (χ0n) is 12.2. The number of fused-ring (bicyclic) bond motifs is 1. The van der Waals surface area contributed by atoms with E-state index in [0.717, 1.165) is 18.2 Å². The normalized spacial score (nSPS) is 11.9. The summed E-state index contributed by atoms with van der Waals surface area (Å²) < 4.78 is 41.5. The molecule has 0 aliphatic carbocycles. The summed E-state index contributed by atoms with van der Waals surface area (Å²) in [5, 5.41) is 2.12. The third-order valence-electron chi connectivity index (χ3n) is 3.15. The van der Waals surface area contributed by atoms with Crippen molar-refractivity contribution in [3.05, 3.63) is 53.6 Å². The number of carbonyl (C=O) groups is 2. The second kappa shape index (κ2) is 6.53. The number of carbonyl (C=O) groups excluding carboxylic acids is 2. The highest BCUT2D eigenvalue weighted by molar-refractivity contribution is 5.95. The fourth-order valence-electron chi connectivity index (χ4n) is 2.02. The number of benzene rings is 2. The number of nitrogens with one attached hydrogen (secondary N) is 1. The maximum Gasteiger partial charge on any atom is 0.338 e. The van der Waals surface area contributed by atoms with Gasteiger partial charge in [0.25, 0.3) is 5.91 Å². The molecule has 0 saturated heterocycles. The molecule has 1 N–H and O–H groups in total. The average molecular weight is 335 g/mol. The third-order valence-corrected chi connectivity index (χ3v) is 3.15. The predicted molar refractivity (Wildman–Crippen MR) is 77.8 cm³/mol. The maximum atomic E-state index is 13.4. The minimum absolute atomic E-state index is 0.0649. The van der Waals surface area contributed by atoms with Crippen LogP contribution >= 0.6 is 0 Å². The van der Waals surface area contributed by atoms with E-state index in [9.17, 15) is 18.4 Å². The monoisotopic (exact) mass is 335 g/mol. The Bertz CT molecular complexity index is 809. The lowest BCUT2D eigenvalue weighted by molar-refractivity contribution is -0.119. The molecular weight excluding hydrogens is 324 g/mol. The molecule has 2 aromatic rings. The first kappa shape index (κ1) is 15.7. The molecule has 3 rings (SSSR count). The number of anilines is 1. The van der Waals surface area contributed by atoms with Gasteiger partial charge in [0.05, 0.1) is 11.3 Å². The highest BCUT2D eigenvalue weighted by atomic mass is 19.1. The number of rotatable bonds is 4. The Morgan fingerprint density at radius 1 is 1.08 bits per heavy atom. The van der Waals surface area contributed by atoms with Gasteiger partial charge in [-0.05, 0) is 30.3 Å². The van der Waals surface area contributed by atoms with Crippen molar-refractivity contribution < 1.29 is 32.6 Å². The summed E-state index contributed by atoms with van der Waals surface area (Å²) >= 11 is 0. The Balaban J connectivity index is 1.58. The molecule has 8 heteroatoms. The standard InChI is InChI=1S/C16H11F2NO5/c17-10-2-3-11(18)12(6-10)19-15(20)7-22-16(21)9-1-4-13-14(5-9)24-8-23-13/h1-6H,7-8H2,(H,19,20). The van der Waals surface area contributed by atoms with Gasteiger partial charge in [-0.25, -0.2) is 13.6 Å². The highest BCUT2D eigenvalue weighted by Gasteiger charge is 2.18. The SMILES string of the molecule is O=C(COC(=O)c1ccc2c(c1)OCO2)Nc1cc(F)ccc1F. The maximum absolute atomic E-state index is 13.4. The van der Waals surface area contributed by atoms with Crippen molar-refractivity contribution in [3.63, 3.8) is 0 Å². The van der Waals surface area contributed by atoms with Crippen LogP contribution in [0.4, 0.5) is 14.5 Å². The van der Waals surface area contributed by atoms with Gasteiger partial charge in [-0.1, -0.05) is 0 Å². The van der Waals surface area contributed by atoms with Crippen LogP contribution in [-0.4, -0.2) is 25.3 Å². The third kappa shape index (κ3) is 3.43. The molecule has 0 atom stereocenters. The average Bonchev–Trinajstić information content (AvgIpc) is 3.03. The van der Waals surface area contributed by atoms with Crippen LogP contribution in [0.5, 0.6) is 11.5 Å². The van der Waals surface area contributed by atoms with E-state index in [4.69, 9.17) is 14.2 Å². The molecule has 1 aliphatic heterocycles. The molecule has 0 fully saturated rings. The van der Waals surface area contributed by atoms with Gasteiger partial charge in [-0.15, -0.1) is 0 Å². The van der Waals surface area contributed by atoms with E-state index in [1.54, 1.807) is 6.07 Å². The quantitative estimate of drug-likeness (QED) is 0.869. The lowest BCUT2D eigenvalue weighted by Crippen LogP contribution is -2.21. The molecule has 0 unspecified atom stereocenters. The summed E-state index contributed by atoms with van der Waals surface area (Å²) in [7, 11) is 0. The van der Waals surface area contributed by atoms with Crippen molar-refractivity contribution in [2.24, 2.45) is 0 Å². The Morgan fingerprint density at radius 2 is 1.88 bits per heavy atom. The number of hydrogen-bond donors (Lipinski definition) is 1. The molecule has 0 spiro atoms. The van der Waals surface area contributed by atoms with Gasteiger partial charge >= 0.3 is 5.97 Å². The summed E-state index contributed by atoms with van der Waals surface area (Å²) in [4.78, 5) is 23.6. The fraction of sp³-hybridized carbons (Fsp3) is 0.125.